The van der Waals surface area contributed by atoms with Crippen LogP contribution in [-0.2, 0) is 5.41 Å². The normalized spacial score (nSPS) is 14.0. The molecule has 0 aliphatic heterocycles. The molecule has 1 aliphatic rings. The zero-order valence-corrected chi connectivity index (χ0v) is 27.1. The topological polar surface area (TPSA) is 25.8 Å². The van der Waals surface area contributed by atoms with Gasteiger partial charge in [-0.05, 0) is 52.3 Å². The van der Waals surface area contributed by atoms with E-state index in [1.54, 1.807) is 0 Å². The van der Waals surface area contributed by atoms with Crippen molar-refractivity contribution in [1.29, 1.82) is 0 Å². The fourth-order valence-corrected chi connectivity index (χ4v) is 7.40. The third-order valence-electron chi connectivity index (χ3n) is 10.0. The van der Waals surface area contributed by atoms with Gasteiger partial charge in [0.2, 0.25) is 0 Å². The molecule has 48 heavy (non-hydrogen) atoms. The Labute approximate surface area is 283 Å². The molecule has 0 amide bonds. The van der Waals surface area contributed by atoms with Crippen molar-refractivity contribution in [2.45, 2.75) is 37.5 Å². The van der Waals surface area contributed by atoms with Crippen LogP contribution < -0.4 is 0 Å². The first-order valence-corrected chi connectivity index (χ1v) is 17.1. The summed E-state index contributed by atoms with van der Waals surface area (Å²) >= 11 is 0. The van der Waals surface area contributed by atoms with Crippen molar-refractivity contribution in [2.75, 3.05) is 0 Å². The molecule has 1 heterocycles. The second-order valence-electron chi connectivity index (χ2n) is 12.9. The van der Waals surface area contributed by atoms with Gasteiger partial charge in [0.1, 0.15) is 0 Å². The lowest BCUT2D eigenvalue weighted by molar-refractivity contribution is 0.346. The SMILES string of the molecule is c1ccc(-c2ccc(-c3ccc(C4(c5ccc(-c6nc(-c7ccccc7)cc(-c7ccccc7)n6)cc5)CCCCC4)cc3)cc2)cc1. The van der Waals surface area contributed by atoms with Crippen molar-refractivity contribution in [3.8, 4) is 56.2 Å². The van der Waals surface area contributed by atoms with Gasteiger partial charge in [-0.1, -0.05) is 183 Å². The Morgan fingerprint density at radius 3 is 1.12 bits per heavy atom. The van der Waals surface area contributed by atoms with Crippen LogP contribution in [0.2, 0.25) is 0 Å². The molecule has 0 spiro atoms. The monoisotopic (exact) mass is 618 g/mol. The second kappa shape index (κ2) is 13.3. The summed E-state index contributed by atoms with van der Waals surface area (Å²) in [6, 6.07) is 60.9. The Bertz CT molecular complexity index is 2040. The summed E-state index contributed by atoms with van der Waals surface area (Å²) in [6.45, 7) is 0. The van der Waals surface area contributed by atoms with E-state index in [1.165, 1.54) is 52.6 Å². The fourth-order valence-electron chi connectivity index (χ4n) is 7.40. The molecule has 0 N–H and O–H groups in total. The van der Waals surface area contributed by atoms with E-state index in [1.807, 2.05) is 12.1 Å². The van der Waals surface area contributed by atoms with E-state index in [-0.39, 0.29) is 5.41 Å². The van der Waals surface area contributed by atoms with Gasteiger partial charge in [0.25, 0.3) is 0 Å². The van der Waals surface area contributed by atoms with Crippen molar-refractivity contribution >= 4 is 0 Å². The van der Waals surface area contributed by atoms with E-state index in [2.05, 4.69) is 158 Å². The van der Waals surface area contributed by atoms with Crippen LogP contribution in [-0.4, -0.2) is 9.97 Å². The van der Waals surface area contributed by atoms with E-state index in [0.29, 0.717) is 0 Å². The fraction of sp³-hybridized carbons (Fsp3) is 0.130. The molecule has 1 aromatic heterocycles. The van der Waals surface area contributed by atoms with E-state index >= 15 is 0 Å². The van der Waals surface area contributed by atoms with Crippen LogP contribution >= 0.6 is 0 Å². The van der Waals surface area contributed by atoms with Gasteiger partial charge < -0.3 is 0 Å². The van der Waals surface area contributed by atoms with Crippen LogP contribution in [0.3, 0.4) is 0 Å². The van der Waals surface area contributed by atoms with Crippen LogP contribution in [0.1, 0.15) is 43.2 Å². The predicted molar refractivity (Wildman–Crippen MR) is 200 cm³/mol. The summed E-state index contributed by atoms with van der Waals surface area (Å²) in [4.78, 5) is 10.1. The molecule has 7 aromatic rings. The van der Waals surface area contributed by atoms with Gasteiger partial charge in [0.05, 0.1) is 11.4 Å². The second-order valence-corrected chi connectivity index (χ2v) is 12.9. The molecule has 2 heteroatoms. The van der Waals surface area contributed by atoms with Gasteiger partial charge >= 0.3 is 0 Å². The number of rotatable bonds is 7. The average Bonchev–Trinajstić information content (AvgIpc) is 3.19. The average molecular weight is 619 g/mol. The molecule has 232 valence electrons. The predicted octanol–water partition coefficient (Wildman–Crippen LogP) is 12.1. The molecule has 0 saturated heterocycles. The van der Waals surface area contributed by atoms with Gasteiger partial charge in [-0.25, -0.2) is 9.97 Å². The maximum absolute atomic E-state index is 5.07. The highest BCUT2D eigenvalue weighted by Crippen LogP contribution is 2.45. The molecule has 0 bridgehead atoms. The van der Waals surface area contributed by atoms with Crippen LogP contribution in [0.4, 0.5) is 0 Å². The molecule has 0 atom stereocenters. The minimum Gasteiger partial charge on any atom is -0.228 e. The molecular weight excluding hydrogens is 581 g/mol. The van der Waals surface area contributed by atoms with Crippen molar-refractivity contribution < 1.29 is 0 Å². The molecule has 1 saturated carbocycles. The minimum absolute atomic E-state index is 0.00835. The maximum atomic E-state index is 5.07. The molecule has 1 aliphatic carbocycles. The van der Waals surface area contributed by atoms with Gasteiger partial charge in [0, 0.05) is 22.1 Å². The van der Waals surface area contributed by atoms with Gasteiger partial charge in [-0.3, -0.25) is 0 Å². The first-order chi connectivity index (χ1) is 23.7. The van der Waals surface area contributed by atoms with Gasteiger partial charge in [0.15, 0.2) is 5.82 Å². The molecule has 8 rings (SSSR count). The van der Waals surface area contributed by atoms with E-state index in [9.17, 15) is 0 Å². The van der Waals surface area contributed by atoms with Crippen LogP contribution in [0.15, 0.2) is 170 Å². The standard InChI is InChI=1S/C46H38N2/c1-5-13-34(14-6-1)35-19-21-36(22-20-35)37-23-27-41(28-24-37)46(31-11-4-12-32-46)42-29-25-40(26-30-42)45-47-43(38-15-7-2-8-16-38)33-44(48-45)39-17-9-3-10-18-39/h1-3,5-10,13-30,33H,4,11-12,31-32H2. The molecule has 0 unspecified atom stereocenters. The highest BCUT2D eigenvalue weighted by Gasteiger charge is 2.35. The number of hydrogen-bond donors (Lipinski definition) is 0. The van der Waals surface area contributed by atoms with Crippen molar-refractivity contribution in [3.05, 3.63) is 181 Å². The molecular formula is C46H38N2. The third kappa shape index (κ3) is 5.98. The Morgan fingerprint density at radius 2 is 0.688 bits per heavy atom. The Balaban J connectivity index is 1.11. The largest absolute Gasteiger partial charge is 0.228 e. The number of benzene rings is 6. The third-order valence-corrected chi connectivity index (χ3v) is 10.0. The van der Waals surface area contributed by atoms with Crippen LogP contribution in [0.5, 0.6) is 0 Å². The summed E-state index contributed by atoms with van der Waals surface area (Å²) in [6.07, 6.45) is 6.11. The van der Waals surface area contributed by atoms with Gasteiger partial charge in [-0.2, -0.15) is 0 Å². The summed E-state index contributed by atoms with van der Waals surface area (Å²) in [5.74, 6) is 0.752. The molecule has 0 radical (unpaired) electrons. The lowest BCUT2D eigenvalue weighted by Gasteiger charge is -2.39. The quantitative estimate of drug-likeness (QED) is 0.178. The molecule has 1 fully saturated rings. The lowest BCUT2D eigenvalue weighted by atomic mass is 9.65. The Hall–Kier alpha value is -5.60. The van der Waals surface area contributed by atoms with Gasteiger partial charge in [-0.15, -0.1) is 0 Å². The van der Waals surface area contributed by atoms with Crippen LogP contribution in [0, 0.1) is 0 Å². The summed E-state index contributed by atoms with van der Waals surface area (Å²) in [7, 11) is 0. The van der Waals surface area contributed by atoms with Crippen molar-refractivity contribution in [3.63, 3.8) is 0 Å². The molecule has 6 aromatic carbocycles. The smallest absolute Gasteiger partial charge is 0.160 e. The van der Waals surface area contributed by atoms with Crippen molar-refractivity contribution in [1.82, 2.24) is 9.97 Å². The van der Waals surface area contributed by atoms with Crippen LogP contribution in [0.25, 0.3) is 56.2 Å². The zero-order valence-electron chi connectivity index (χ0n) is 27.1. The van der Waals surface area contributed by atoms with E-state index in [4.69, 9.17) is 9.97 Å². The number of nitrogens with zero attached hydrogens (tertiary/aromatic N) is 2. The Morgan fingerprint density at radius 1 is 0.333 bits per heavy atom. The summed E-state index contributed by atoms with van der Waals surface area (Å²) in [5.41, 5.74) is 12.9. The minimum atomic E-state index is 0.00835. The molecule has 2 nitrogen and oxygen atoms in total. The highest BCUT2D eigenvalue weighted by atomic mass is 14.9. The highest BCUT2D eigenvalue weighted by molar-refractivity contribution is 5.73. The zero-order chi connectivity index (χ0) is 32.2. The number of aromatic nitrogens is 2. The lowest BCUT2D eigenvalue weighted by Crippen LogP contribution is -2.30. The van der Waals surface area contributed by atoms with Crippen molar-refractivity contribution in [2.24, 2.45) is 0 Å². The summed E-state index contributed by atoms with van der Waals surface area (Å²) < 4.78 is 0. The maximum Gasteiger partial charge on any atom is 0.160 e. The first kappa shape index (κ1) is 29.8. The summed E-state index contributed by atoms with van der Waals surface area (Å²) in [5, 5.41) is 0. The number of hydrogen-bond acceptors (Lipinski definition) is 2. The first-order valence-electron chi connectivity index (χ1n) is 17.1. The van der Waals surface area contributed by atoms with E-state index in [0.717, 1.165) is 46.7 Å². The Kier molecular flexibility index (Phi) is 8.22. The van der Waals surface area contributed by atoms with E-state index < -0.39 is 0 Å².